The number of nitrogens with one attached hydrogen (secondary N) is 1. The van der Waals surface area contributed by atoms with Crippen LogP contribution in [0.15, 0.2) is 42.5 Å². The van der Waals surface area contributed by atoms with Crippen molar-refractivity contribution in [1.82, 2.24) is 0 Å². The Bertz CT molecular complexity index is 1000. The molecular formula is C23H22N2O3S. The fourth-order valence-corrected chi connectivity index (χ4v) is 5.66. The smallest absolute Gasteiger partial charge is 0.307 e. The van der Waals surface area contributed by atoms with Crippen molar-refractivity contribution in [1.29, 1.82) is 5.26 Å². The molecule has 1 amide bonds. The number of carboxylic acids is 1. The van der Waals surface area contributed by atoms with Crippen molar-refractivity contribution in [2.45, 2.75) is 38.0 Å². The maximum Gasteiger partial charge on any atom is 0.307 e. The third-order valence-electron chi connectivity index (χ3n) is 5.97. The first kappa shape index (κ1) is 19.4. The first-order valence-corrected chi connectivity index (χ1v) is 10.7. The lowest BCUT2D eigenvalue weighted by Crippen LogP contribution is -2.34. The molecule has 29 heavy (non-hydrogen) atoms. The Labute approximate surface area is 173 Å². The lowest BCUT2D eigenvalue weighted by atomic mass is 9.82. The summed E-state index contributed by atoms with van der Waals surface area (Å²) >= 11 is 1.47. The lowest BCUT2D eigenvalue weighted by Gasteiger charge is -2.23. The van der Waals surface area contributed by atoms with E-state index in [4.69, 9.17) is 0 Å². The molecule has 0 spiro atoms. The zero-order chi connectivity index (χ0) is 20.4. The zero-order valence-electron chi connectivity index (χ0n) is 15.9. The highest BCUT2D eigenvalue weighted by Crippen LogP contribution is 2.42. The summed E-state index contributed by atoms with van der Waals surface area (Å²) in [4.78, 5) is 25.5. The molecule has 2 aliphatic rings. The molecule has 1 heterocycles. The molecule has 0 radical (unpaired) electrons. The van der Waals surface area contributed by atoms with Crippen LogP contribution < -0.4 is 5.32 Å². The Morgan fingerprint density at radius 2 is 1.86 bits per heavy atom. The van der Waals surface area contributed by atoms with Gasteiger partial charge in [0.25, 0.3) is 0 Å². The van der Waals surface area contributed by atoms with Crippen LogP contribution >= 0.6 is 11.3 Å². The molecule has 3 atom stereocenters. The molecule has 0 aliphatic heterocycles. The van der Waals surface area contributed by atoms with Gasteiger partial charge < -0.3 is 10.4 Å². The van der Waals surface area contributed by atoms with Gasteiger partial charge in [0.05, 0.1) is 17.4 Å². The lowest BCUT2D eigenvalue weighted by molar-refractivity contribution is -0.146. The fourth-order valence-electron chi connectivity index (χ4n) is 4.38. The largest absolute Gasteiger partial charge is 0.481 e. The van der Waals surface area contributed by atoms with Crippen LogP contribution in [-0.2, 0) is 22.4 Å². The summed E-state index contributed by atoms with van der Waals surface area (Å²) in [5, 5.41) is 22.6. The highest BCUT2D eigenvalue weighted by molar-refractivity contribution is 7.16. The molecule has 6 heteroatoms. The van der Waals surface area contributed by atoms with E-state index in [2.05, 4.69) is 23.5 Å². The van der Waals surface area contributed by atoms with Crippen molar-refractivity contribution in [2.75, 3.05) is 5.32 Å². The topological polar surface area (TPSA) is 90.2 Å². The van der Waals surface area contributed by atoms with E-state index in [9.17, 15) is 20.0 Å². The van der Waals surface area contributed by atoms with Crippen molar-refractivity contribution in [2.24, 2.45) is 11.8 Å². The zero-order valence-corrected chi connectivity index (χ0v) is 16.7. The number of benzene rings is 1. The van der Waals surface area contributed by atoms with Gasteiger partial charge in [0.15, 0.2) is 0 Å². The first-order valence-electron chi connectivity index (χ1n) is 9.86. The Morgan fingerprint density at radius 3 is 2.55 bits per heavy atom. The number of fused-ring (bicyclic) bond motifs is 1. The minimum atomic E-state index is -0.953. The minimum absolute atomic E-state index is 0.309. The van der Waals surface area contributed by atoms with Gasteiger partial charge in [-0.2, -0.15) is 5.26 Å². The van der Waals surface area contributed by atoms with Gasteiger partial charge in [-0.3, -0.25) is 9.59 Å². The van der Waals surface area contributed by atoms with Gasteiger partial charge >= 0.3 is 5.97 Å². The van der Waals surface area contributed by atoms with E-state index in [1.165, 1.54) is 16.9 Å². The summed E-state index contributed by atoms with van der Waals surface area (Å²) < 4.78 is 0. The monoisotopic (exact) mass is 406 g/mol. The van der Waals surface area contributed by atoms with Gasteiger partial charge in [0.1, 0.15) is 11.1 Å². The van der Waals surface area contributed by atoms with E-state index in [0.29, 0.717) is 29.3 Å². The number of thiophene rings is 1. The molecule has 0 bridgehead atoms. The van der Waals surface area contributed by atoms with Gasteiger partial charge in [0.2, 0.25) is 5.91 Å². The molecule has 2 aliphatic carbocycles. The molecule has 5 nitrogen and oxygen atoms in total. The van der Waals surface area contributed by atoms with Crippen LogP contribution in [0.2, 0.25) is 0 Å². The highest BCUT2D eigenvalue weighted by atomic mass is 32.1. The van der Waals surface area contributed by atoms with Crippen LogP contribution in [0.25, 0.3) is 0 Å². The molecule has 2 N–H and O–H groups in total. The van der Waals surface area contributed by atoms with E-state index in [1.54, 1.807) is 0 Å². The summed E-state index contributed by atoms with van der Waals surface area (Å²) in [5.74, 6) is -2.18. The Hall–Kier alpha value is -2.91. The Balaban J connectivity index is 1.56. The van der Waals surface area contributed by atoms with Crippen LogP contribution in [0.3, 0.4) is 0 Å². The number of carbonyl (C=O) groups excluding carboxylic acids is 1. The molecule has 1 aromatic heterocycles. The number of hydrogen-bond donors (Lipinski definition) is 2. The standard InChI is InChI=1S/C23H22N2O3S/c24-13-19-16-11-10-15(14-6-2-1-3-7-14)12-20(16)29-22(19)25-21(26)17-8-4-5-9-18(17)23(27)28/h1-7,15,17-18H,8-12H2,(H,25,26)(H,27,28). The second kappa shape index (κ2) is 8.22. The summed E-state index contributed by atoms with van der Waals surface area (Å²) in [6.45, 7) is 0. The van der Waals surface area contributed by atoms with Gasteiger partial charge in [0, 0.05) is 4.88 Å². The summed E-state index contributed by atoms with van der Waals surface area (Å²) in [6.07, 6.45) is 7.09. The van der Waals surface area contributed by atoms with E-state index in [1.807, 2.05) is 30.4 Å². The highest BCUT2D eigenvalue weighted by Gasteiger charge is 2.35. The molecule has 2 aromatic rings. The minimum Gasteiger partial charge on any atom is -0.481 e. The van der Waals surface area contributed by atoms with Crippen molar-refractivity contribution >= 4 is 28.2 Å². The number of nitriles is 1. The van der Waals surface area contributed by atoms with E-state index >= 15 is 0 Å². The summed E-state index contributed by atoms with van der Waals surface area (Å²) in [5.41, 5.74) is 2.88. The molecule has 4 rings (SSSR count). The Kier molecular flexibility index (Phi) is 5.50. The summed E-state index contributed by atoms with van der Waals surface area (Å²) in [6, 6.07) is 12.6. The normalized spacial score (nSPS) is 23.1. The second-order valence-corrected chi connectivity index (χ2v) is 8.76. The third kappa shape index (κ3) is 3.83. The van der Waals surface area contributed by atoms with Crippen molar-refractivity contribution in [3.63, 3.8) is 0 Å². The van der Waals surface area contributed by atoms with Gasteiger partial charge in [-0.25, -0.2) is 0 Å². The summed E-state index contributed by atoms with van der Waals surface area (Å²) in [7, 11) is 0. The number of aliphatic carboxylic acids is 1. The van der Waals surface area contributed by atoms with Crippen LogP contribution in [0.1, 0.15) is 46.7 Å². The maximum absolute atomic E-state index is 12.8. The molecule has 0 saturated carbocycles. The number of carbonyl (C=O) groups is 2. The first-order chi connectivity index (χ1) is 14.1. The number of hydrogen-bond acceptors (Lipinski definition) is 4. The van der Waals surface area contributed by atoms with Crippen LogP contribution in [0.4, 0.5) is 5.00 Å². The van der Waals surface area contributed by atoms with E-state index in [-0.39, 0.29) is 5.91 Å². The van der Waals surface area contributed by atoms with Crippen molar-refractivity contribution in [3.8, 4) is 6.07 Å². The number of nitrogens with zero attached hydrogens (tertiary/aromatic N) is 1. The van der Waals surface area contributed by atoms with Gasteiger partial charge in [-0.05, 0) is 49.1 Å². The van der Waals surface area contributed by atoms with E-state index in [0.717, 1.165) is 29.7 Å². The van der Waals surface area contributed by atoms with Crippen LogP contribution in [-0.4, -0.2) is 17.0 Å². The number of rotatable bonds is 4. The number of amides is 1. The van der Waals surface area contributed by atoms with Crippen molar-refractivity contribution < 1.29 is 14.7 Å². The average molecular weight is 407 g/mol. The third-order valence-corrected chi connectivity index (χ3v) is 7.14. The predicted octanol–water partition coefficient (Wildman–Crippen LogP) is 4.50. The molecule has 0 saturated heterocycles. The second-order valence-electron chi connectivity index (χ2n) is 7.65. The molecular weight excluding hydrogens is 384 g/mol. The Morgan fingerprint density at radius 1 is 1.14 bits per heavy atom. The SMILES string of the molecule is N#Cc1c(NC(=O)C2CC=CCC2C(=O)O)sc2c1CCC(c1ccccc1)C2. The average Bonchev–Trinajstić information content (AvgIpc) is 3.10. The number of carboxylic acid groups (broad SMARTS) is 1. The molecule has 3 unspecified atom stereocenters. The van der Waals surface area contributed by atoms with Crippen LogP contribution in [0.5, 0.6) is 0 Å². The van der Waals surface area contributed by atoms with Gasteiger partial charge in [-0.1, -0.05) is 42.5 Å². The number of allylic oxidation sites excluding steroid dienone is 2. The fraction of sp³-hybridized carbons (Fsp3) is 0.348. The predicted molar refractivity (Wildman–Crippen MR) is 112 cm³/mol. The van der Waals surface area contributed by atoms with E-state index < -0.39 is 17.8 Å². The maximum atomic E-state index is 12.8. The number of anilines is 1. The molecule has 1 aromatic carbocycles. The van der Waals surface area contributed by atoms with Crippen molar-refractivity contribution in [3.05, 3.63) is 64.1 Å². The van der Waals surface area contributed by atoms with Gasteiger partial charge in [-0.15, -0.1) is 11.3 Å². The quantitative estimate of drug-likeness (QED) is 0.732. The van der Waals surface area contributed by atoms with Crippen LogP contribution in [0, 0.1) is 23.2 Å². The molecule has 148 valence electrons. The molecule has 0 fully saturated rings.